The maximum absolute atomic E-state index is 6.63. The summed E-state index contributed by atoms with van der Waals surface area (Å²) in [6.07, 6.45) is 11.5. The van der Waals surface area contributed by atoms with E-state index in [9.17, 15) is 0 Å². The van der Waals surface area contributed by atoms with Crippen molar-refractivity contribution in [3.05, 3.63) is 209 Å². The van der Waals surface area contributed by atoms with Crippen LogP contribution in [-0.2, 0) is 82.4 Å². The van der Waals surface area contributed by atoms with Gasteiger partial charge in [0.1, 0.15) is 0 Å². The molecule has 6 aromatic carbocycles. The Labute approximate surface area is 369 Å². The molecule has 0 bridgehead atoms. The average molecular weight is 826 g/mol. The van der Waals surface area contributed by atoms with E-state index in [2.05, 4.69) is 151 Å². The van der Waals surface area contributed by atoms with Crippen LogP contribution in [0.4, 0.5) is 0 Å². The molecule has 0 spiro atoms. The minimum absolute atomic E-state index is 0. The highest BCUT2D eigenvalue weighted by molar-refractivity contribution is 6.17. The van der Waals surface area contributed by atoms with Crippen LogP contribution in [0.5, 0.6) is 0 Å². The highest BCUT2D eigenvalue weighted by atomic mass is 35.5. The molecule has 0 aliphatic heterocycles. The molecule has 1 aliphatic carbocycles. The number of rotatable bonds is 14. The van der Waals surface area contributed by atoms with Gasteiger partial charge in [0, 0.05) is 11.8 Å². The Morgan fingerprint density at radius 2 is 0.831 bits per heavy atom. The van der Waals surface area contributed by atoms with Gasteiger partial charge < -0.3 is 0 Å². The van der Waals surface area contributed by atoms with Crippen molar-refractivity contribution < 1.29 is 0 Å². The first kappa shape index (κ1) is 47.6. The molecule has 0 unspecified atom stereocenters. The zero-order valence-electron chi connectivity index (χ0n) is 35.3. The molecule has 7 rings (SSSR count). The second kappa shape index (κ2) is 23.0. The highest BCUT2D eigenvalue weighted by Gasteiger charge is 2.24. The maximum Gasteiger partial charge on any atom is 0.0477 e. The standard InChI is InChI=1S/C34H34Cl2.C21H28.2CH4/c1-3-23-5-7-26(8-6-23)17-32-31(22-36)18-30(16-25-9-11-27(21-35)12-10-25)33-20-29-15-24(4-2)13-14-28(29)19-34(32)33;1-5-16-10-12-20(19(8-4)13-16)15-21-14-17(6-2)9-11-18(21)7-3;;/h5-15,18H,3-4,16-17,19-22H2,1-2H3;9-14H,5-8,15H2,1-4H3;2*1H4. The fraction of sp³-hybridized carbons (Fsp3) is 0.368. The first-order chi connectivity index (χ1) is 27.8. The van der Waals surface area contributed by atoms with E-state index in [1.165, 1.54) is 94.6 Å². The van der Waals surface area contributed by atoms with E-state index in [-0.39, 0.29) is 14.9 Å². The summed E-state index contributed by atoms with van der Waals surface area (Å²) in [6, 6.07) is 41.4. The Hall–Kier alpha value is -4.10. The van der Waals surface area contributed by atoms with Gasteiger partial charge >= 0.3 is 0 Å². The Morgan fingerprint density at radius 3 is 1.41 bits per heavy atom. The number of fused-ring (bicyclic) bond motifs is 2. The normalized spacial score (nSPS) is 11.4. The van der Waals surface area contributed by atoms with Gasteiger partial charge in [-0.3, -0.25) is 0 Å². The minimum Gasteiger partial charge on any atom is -0.122 e. The van der Waals surface area contributed by atoms with Crippen LogP contribution < -0.4 is 0 Å². The average Bonchev–Trinajstić information content (AvgIpc) is 3.27. The second-order valence-corrected chi connectivity index (χ2v) is 16.4. The van der Waals surface area contributed by atoms with Gasteiger partial charge in [-0.2, -0.15) is 0 Å². The molecule has 312 valence electrons. The highest BCUT2D eigenvalue weighted by Crippen LogP contribution is 2.37. The van der Waals surface area contributed by atoms with Gasteiger partial charge in [-0.1, -0.05) is 166 Å². The summed E-state index contributed by atoms with van der Waals surface area (Å²) in [5.41, 5.74) is 25.6. The molecular formula is C57H70Cl2. The lowest BCUT2D eigenvalue weighted by atomic mass is 9.77. The predicted molar refractivity (Wildman–Crippen MR) is 262 cm³/mol. The molecule has 0 fully saturated rings. The summed E-state index contributed by atoms with van der Waals surface area (Å²) < 4.78 is 0. The molecule has 0 saturated heterocycles. The second-order valence-electron chi connectivity index (χ2n) is 15.8. The van der Waals surface area contributed by atoms with Crippen LogP contribution in [0.2, 0.25) is 0 Å². The van der Waals surface area contributed by atoms with Crippen molar-refractivity contribution in [1.29, 1.82) is 0 Å². The molecule has 0 nitrogen and oxygen atoms in total. The van der Waals surface area contributed by atoms with E-state index >= 15 is 0 Å². The monoisotopic (exact) mass is 824 g/mol. The van der Waals surface area contributed by atoms with E-state index in [1.54, 1.807) is 0 Å². The van der Waals surface area contributed by atoms with Crippen LogP contribution >= 0.6 is 23.2 Å². The molecule has 1 aliphatic rings. The first-order valence-corrected chi connectivity index (χ1v) is 22.6. The summed E-state index contributed by atoms with van der Waals surface area (Å²) in [6.45, 7) is 13.4. The van der Waals surface area contributed by atoms with E-state index in [4.69, 9.17) is 23.2 Å². The van der Waals surface area contributed by atoms with Gasteiger partial charge in [0.2, 0.25) is 0 Å². The molecule has 2 heteroatoms. The van der Waals surface area contributed by atoms with Crippen molar-refractivity contribution in [2.75, 3.05) is 0 Å². The molecular weight excluding hydrogens is 756 g/mol. The van der Waals surface area contributed by atoms with Crippen LogP contribution in [0.25, 0.3) is 0 Å². The van der Waals surface area contributed by atoms with Crippen molar-refractivity contribution in [3.8, 4) is 0 Å². The van der Waals surface area contributed by atoms with Crippen LogP contribution in [-0.4, -0.2) is 0 Å². The number of benzene rings is 6. The predicted octanol–water partition coefficient (Wildman–Crippen LogP) is 15.8. The third kappa shape index (κ3) is 11.8. The fourth-order valence-corrected chi connectivity index (χ4v) is 9.00. The SMILES string of the molecule is C.C.CCc1ccc(Cc2c(CCl)cc(Cc3ccc(CCl)cc3)c3c2Cc2ccc(CC)cc2C3)cc1.CCc1ccc(Cc2cc(CC)ccc2CC)c(CC)c1. The smallest absolute Gasteiger partial charge is 0.0477 e. The fourth-order valence-electron chi connectivity index (χ4n) is 8.58. The quantitative estimate of drug-likeness (QED) is 0.0959. The first-order valence-electron chi connectivity index (χ1n) is 21.6. The van der Waals surface area contributed by atoms with E-state index in [1.807, 2.05) is 0 Å². The summed E-state index contributed by atoms with van der Waals surface area (Å²) in [5.74, 6) is 1.09. The Balaban J connectivity index is 0.000000287. The summed E-state index contributed by atoms with van der Waals surface area (Å²) in [5, 5.41) is 0. The van der Waals surface area contributed by atoms with Crippen molar-refractivity contribution in [3.63, 3.8) is 0 Å². The molecule has 0 heterocycles. The van der Waals surface area contributed by atoms with Crippen molar-refractivity contribution >= 4 is 23.2 Å². The van der Waals surface area contributed by atoms with Gasteiger partial charge in [-0.15, -0.1) is 23.2 Å². The molecule has 0 atom stereocenters. The van der Waals surface area contributed by atoms with Gasteiger partial charge in [0.05, 0.1) is 0 Å². The third-order valence-electron chi connectivity index (χ3n) is 12.3. The summed E-state index contributed by atoms with van der Waals surface area (Å²) >= 11 is 12.7. The Bertz CT molecular complexity index is 2240. The molecule has 0 amide bonds. The zero-order chi connectivity index (χ0) is 40.3. The topological polar surface area (TPSA) is 0 Å². The summed E-state index contributed by atoms with van der Waals surface area (Å²) in [7, 11) is 0. The molecule has 6 aromatic rings. The van der Waals surface area contributed by atoms with Crippen molar-refractivity contribution in [1.82, 2.24) is 0 Å². The van der Waals surface area contributed by atoms with Crippen LogP contribution in [0.1, 0.15) is 157 Å². The van der Waals surface area contributed by atoms with Crippen molar-refractivity contribution in [2.24, 2.45) is 0 Å². The number of halogens is 2. The van der Waals surface area contributed by atoms with E-state index < -0.39 is 0 Å². The lowest BCUT2D eigenvalue weighted by molar-refractivity contribution is 0.923. The van der Waals surface area contributed by atoms with Crippen LogP contribution in [0.15, 0.2) is 109 Å². The van der Waals surface area contributed by atoms with Crippen molar-refractivity contribution in [2.45, 2.75) is 139 Å². The largest absolute Gasteiger partial charge is 0.122 e. The number of alkyl halides is 2. The Morgan fingerprint density at radius 1 is 0.339 bits per heavy atom. The molecule has 0 saturated carbocycles. The van der Waals surface area contributed by atoms with Gasteiger partial charge in [-0.05, 0) is 171 Å². The van der Waals surface area contributed by atoms with Crippen LogP contribution in [0, 0.1) is 0 Å². The lowest BCUT2D eigenvalue weighted by Crippen LogP contribution is -2.16. The minimum atomic E-state index is 0. The van der Waals surface area contributed by atoms with E-state index in [0.29, 0.717) is 11.8 Å². The van der Waals surface area contributed by atoms with Crippen LogP contribution in [0.3, 0.4) is 0 Å². The maximum atomic E-state index is 6.63. The number of aryl methyl sites for hydroxylation is 6. The van der Waals surface area contributed by atoms with E-state index in [0.717, 1.165) is 76.2 Å². The Kier molecular flexibility index (Phi) is 18.6. The zero-order valence-corrected chi connectivity index (χ0v) is 36.9. The third-order valence-corrected chi connectivity index (χ3v) is 12.9. The van der Waals surface area contributed by atoms with Gasteiger partial charge in [-0.25, -0.2) is 0 Å². The molecule has 0 radical (unpaired) electrons. The van der Waals surface area contributed by atoms with Gasteiger partial charge in [0.15, 0.2) is 0 Å². The number of hydrogen-bond donors (Lipinski definition) is 0. The molecule has 59 heavy (non-hydrogen) atoms. The molecule has 0 aromatic heterocycles. The number of hydrogen-bond acceptors (Lipinski definition) is 0. The molecule has 0 N–H and O–H groups in total. The lowest BCUT2D eigenvalue weighted by Gasteiger charge is -2.28. The summed E-state index contributed by atoms with van der Waals surface area (Å²) in [4.78, 5) is 0. The van der Waals surface area contributed by atoms with Gasteiger partial charge in [0.25, 0.3) is 0 Å².